The first-order chi connectivity index (χ1) is 10.8. The van der Waals surface area contributed by atoms with Crippen LogP contribution in [0.1, 0.15) is 26.7 Å². The van der Waals surface area contributed by atoms with Gasteiger partial charge >= 0.3 is 0 Å². The van der Waals surface area contributed by atoms with Crippen LogP contribution >= 0.6 is 0 Å². The minimum Gasteiger partial charge on any atom is -0.486 e. The largest absolute Gasteiger partial charge is 0.486 e. The smallest absolute Gasteiger partial charge is 0.140 e. The fraction of sp³-hybridized carbons (Fsp3) is 0.667. The Hall–Kier alpha value is -1.10. The molecule has 4 heteroatoms. The Balaban J connectivity index is 1.58. The van der Waals surface area contributed by atoms with Crippen molar-refractivity contribution in [2.45, 2.75) is 51.0 Å². The average molecular weight is 305 g/mol. The van der Waals surface area contributed by atoms with Crippen molar-refractivity contribution in [3.05, 3.63) is 30.3 Å². The van der Waals surface area contributed by atoms with Crippen LogP contribution in [-0.4, -0.2) is 44.1 Å². The van der Waals surface area contributed by atoms with Gasteiger partial charge in [0, 0.05) is 25.3 Å². The minimum atomic E-state index is 0.0899. The number of hydrogen-bond donors (Lipinski definition) is 1. The molecule has 5 atom stereocenters. The van der Waals surface area contributed by atoms with Gasteiger partial charge in [-0.25, -0.2) is 0 Å². The van der Waals surface area contributed by atoms with Gasteiger partial charge < -0.3 is 19.5 Å². The van der Waals surface area contributed by atoms with Gasteiger partial charge in [-0.1, -0.05) is 18.2 Å². The highest BCUT2D eigenvalue weighted by Gasteiger charge is 2.44. The van der Waals surface area contributed by atoms with Crippen LogP contribution in [0.4, 0.5) is 0 Å². The third kappa shape index (κ3) is 3.62. The van der Waals surface area contributed by atoms with E-state index in [9.17, 15) is 0 Å². The second kappa shape index (κ2) is 7.44. The lowest BCUT2D eigenvalue weighted by molar-refractivity contribution is -0.105. The predicted molar refractivity (Wildman–Crippen MR) is 86.2 cm³/mol. The molecule has 5 unspecified atom stereocenters. The van der Waals surface area contributed by atoms with Crippen molar-refractivity contribution >= 4 is 0 Å². The van der Waals surface area contributed by atoms with Crippen molar-refractivity contribution in [2.24, 2.45) is 5.92 Å². The quantitative estimate of drug-likeness (QED) is 0.840. The number of para-hydroxylation sites is 1. The molecule has 0 amide bonds. The Labute approximate surface area is 133 Å². The van der Waals surface area contributed by atoms with Gasteiger partial charge in [0.1, 0.15) is 11.9 Å². The highest BCUT2D eigenvalue weighted by atomic mass is 16.5. The molecule has 122 valence electrons. The molecule has 0 aromatic heterocycles. The molecule has 1 aliphatic carbocycles. The van der Waals surface area contributed by atoms with E-state index in [4.69, 9.17) is 14.2 Å². The molecule has 1 saturated heterocycles. The zero-order valence-corrected chi connectivity index (χ0v) is 13.5. The fourth-order valence-electron chi connectivity index (χ4n) is 3.36. The average Bonchev–Trinajstić information content (AvgIpc) is 3.07. The molecule has 0 radical (unpaired) electrons. The van der Waals surface area contributed by atoms with E-state index in [-0.39, 0.29) is 12.2 Å². The minimum absolute atomic E-state index is 0.0899. The van der Waals surface area contributed by atoms with Crippen LogP contribution in [0.5, 0.6) is 5.75 Å². The Morgan fingerprint density at radius 3 is 2.82 bits per heavy atom. The summed E-state index contributed by atoms with van der Waals surface area (Å²) in [5, 5.41) is 3.73. The molecule has 1 aromatic carbocycles. The van der Waals surface area contributed by atoms with Crippen LogP contribution in [-0.2, 0) is 9.47 Å². The predicted octanol–water partition coefficient (Wildman–Crippen LogP) is 2.63. The summed E-state index contributed by atoms with van der Waals surface area (Å²) in [6.07, 6.45) is 2.45. The maximum atomic E-state index is 6.17. The molecule has 4 nitrogen and oxygen atoms in total. The highest BCUT2D eigenvalue weighted by Crippen LogP contribution is 2.30. The van der Waals surface area contributed by atoms with Gasteiger partial charge in [-0.2, -0.15) is 0 Å². The first-order valence-electron chi connectivity index (χ1n) is 8.45. The lowest BCUT2D eigenvalue weighted by atomic mass is 9.83. The van der Waals surface area contributed by atoms with Crippen LogP contribution in [0.3, 0.4) is 0 Å². The second-order valence-electron chi connectivity index (χ2n) is 6.31. The Morgan fingerprint density at radius 2 is 2.14 bits per heavy atom. The molecule has 1 N–H and O–H groups in total. The molecule has 22 heavy (non-hydrogen) atoms. The van der Waals surface area contributed by atoms with Crippen molar-refractivity contribution in [1.82, 2.24) is 5.32 Å². The summed E-state index contributed by atoms with van der Waals surface area (Å²) in [6, 6.07) is 10.8. The number of ether oxygens (including phenoxy) is 3. The summed E-state index contributed by atoms with van der Waals surface area (Å²) in [7, 11) is 0. The normalized spacial score (nSPS) is 32.5. The molecular weight excluding hydrogens is 278 g/mol. The molecule has 2 aliphatic rings. The van der Waals surface area contributed by atoms with Gasteiger partial charge in [0.2, 0.25) is 0 Å². The Bertz CT molecular complexity index is 447. The molecule has 1 aliphatic heterocycles. The lowest BCUT2D eigenvalue weighted by Crippen LogP contribution is -2.63. The third-order valence-corrected chi connectivity index (χ3v) is 4.79. The Kier molecular flexibility index (Phi) is 5.34. The van der Waals surface area contributed by atoms with E-state index in [1.165, 1.54) is 0 Å². The van der Waals surface area contributed by atoms with Crippen LogP contribution in [0.25, 0.3) is 0 Å². The maximum absolute atomic E-state index is 6.17. The summed E-state index contributed by atoms with van der Waals surface area (Å²) in [6.45, 7) is 6.80. The van der Waals surface area contributed by atoms with Gasteiger partial charge in [-0.15, -0.1) is 0 Å². The summed E-state index contributed by atoms with van der Waals surface area (Å²) < 4.78 is 17.5. The first kappa shape index (κ1) is 15.8. The molecule has 1 heterocycles. The third-order valence-electron chi connectivity index (χ3n) is 4.79. The second-order valence-corrected chi connectivity index (χ2v) is 6.31. The van der Waals surface area contributed by atoms with E-state index in [0.29, 0.717) is 18.0 Å². The summed E-state index contributed by atoms with van der Waals surface area (Å²) in [4.78, 5) is 0. The molecule has 1 aromatic rings. The number of benzene rings is 1. The van der Waals surface area contributed by atoms with Crippen molar-refractivity contribution < 1.29 is 14.2 Å². The van der Waals surface area contributed by atoms with Crippen molar-refractivity contribution in [2.75, 3.05) is 19.8 Å². The van der Waals surface area contributed by atoms with Crippen LogP contribution in [0.15, 0.2) is 30.3 Å². The SMILES string of the molecule is CCOC1CC(NC(C)C2CCOC2)C1Oc1ccccc1. The van der Waals surface area contributed by atoms with E-state index >= 15 is 0 Å². The van der Waals surface area contributed by atoms with Crippen LogP contribution in [0, 0.1) is 5.92 Å². The van der Waals surface area contributed by atoms with Crippen molar-refractivity contribution in [3.63, 3.8) is 0 Å². The molecule has 3 rings (SSSR count). The van der Waals surface area contributed by atoms with E-state index in [1.54, 1.807) is 0 Å². The zero-order chi connectivity index (χ0) is 15.4. The monoisotopic (exact) mass is 305 g/mol. The molecular formula is C18H27NO3. The summed E-state index contributed by atoms with van der Waals surface area (Å²) in [5.41, 5.74) is 0. The van der Waals surface area contributed by atoms with E-state index < -0.39 is 0 Å². The van der Waals surface area contributed by atoms with Gasteiger partial charge in [0.25, 0.3) is 0 Å². The fourth-order valence-corrected chi connectivity index (χ4v) is 3.36. The topological polar surface area (TPSA) is 39.7 Å². The molecule has 1 saturated carbocycles. The standard InChI is InChI=1S/C18H27NO3/c1-3-21-17-11-16(19-13(2)14-9-10-20-12-14)18(17)22-15-7-5-4-6-8-15/h4-8,13-14,16-19H,3,9-12H2,1-2H3. The molecule has 0 bridgehead atoms. The highest BCUT2D eigenvalue weighted by molar-refractivity contribution is 5.22. The van der Waals surface area contributed by atoms with Gasteiger partial charge in [-0.3, -0.25) is 0 Å². The van der Waals surface area contributed by atoms with Crippen molar-refractivity contribution in [3.8, 4) is 5.75 Å². The van der Waals surface area contributed by atoms with Crippen molar-refractivity contribution in [1.29, 1.82) is 0 Å². The number of hydrogen-bond acceptors (Lipinski definition) is 4. The van der Waals surface area contributed by atoms with E-state index in [0.717, 1.165) is 38.4 Å². The van der Waals surface area contributed by atoms with Crippen LogP contribution < -0.4 is 10.1 Å². The van der Waals surface area contributed by atoms with E-state index in [1.807, 2.05) is 37.3 Å². The van der Waals surface area contributed by atoms with Gasteiger partial charge in [0.05, 0.1) is 12.7 Å². The first-order valence-corrected chi connectivity index (χ1v) is 8.45. The number of nitrogens with one attached hydrogen (secondary N) is 1. The van der Waals surface area contributed by atoms with Gasteiger partial charge in [-0.05, 0) is 44.7 Å². The summed E-state index contributed by atoms with van der Waals surface area (Å²) >= 11 is 0. The Morgan fingerprint density at radius 1 is 1.32 bits per heavy atom. The zero-order valence-electron chi connectivity index (χ0n) is 13.5. The van der Waals surface area contributed by atoms with Crippen LogP contribution in [0.2, 0.25) is 0 Å². The maximum Gasteiger partial charge on any atom is 0.140 e. The molecule has 2 fully saturated rings. The van der Waals surface area contributed by atoms with Gasteiger partial charge in [0.15, 0.2) is 0 Å². The molecule has 0 spiro atoms. The van der Waals surface area contributed by atoms with E-state index in [2.05, 4.69) is 12.2 Å². The number of rotatable bonds is 7. The summed E-state index contributed by atoms with van der Waals surface area (Å²) in [5.74, 6) is 1.53. The lowest BCUT2D eigenvalue weighted by Gasteiger charge is -2.45.